The number of aliphatic hydroxyl groups excluding tert-OH is 1. The highest BCUT2D eigenvalue weighted by atomic mass is 32.2. The van der Waals surface area contributed by atoms with Crippen LogP contribution in [0.5, 0.6) is 0 Å². The summed E-state index contributed by atoms with van der Waals surface area (Å²) in [5.74, 6) is -0.480. The second-order valence-electron chi connectivity index (χ2n) is 5.87. The zero-order valence-electron chi connectivity index (χ0n) is 13.2. The lowest BCUT2D eigenvalue weighted by atomic mass is 9.98. The molecular weight excluding hydrogens is 296 g/mol. The number of carbonyl (C=O) groups excluding carboxylic acids is 1. The van der Waals surface area contributed by atoms with Gasteiger partial charge in [0.2, 0.25) is 0 Å². The highest BCUT2D eigenvalue weighted by Gasteiger charge is 2.39. The van der Waals surface area contributed by atoms with Crippen LogP contribution in [0.25, 0.3) is 0 Å². The molecule has 1 heterocycles. The maximum absolute atomic E-state index is 12.5. The van der Waals surface area contributed by atoms with Gasteiger partial charge >= 0.3 is 5.97 Å². The minimum Gasteiger partial charge on any atom is -0.466 e. The maximum Gasteiger partial charge on any atom is 0.309 e. The van der Waals surface area contributed by atoms with Gasteiger partial charge < -0.3 is 9.84 Å². The molecular formula is C13H26N2O5S. The summed E-state index contributed by atoms with van der Waals surface area (Å²) in [6.07, 6.45) is 0.927. The molecule has 0 aromatic heterocycles. The van der Waals surface area contributed by atoms with Gasteiger partial charge in [0.05, 0.1) is 24.7 Å². The third kappa shape index (κ3) is 4.15. The highest BCUT2D eigenvalue weighted by Crippen LogP contribution is 2.25. The SMILES string of the molecule is CCOC(=O)C1CCN(S(=O)(=O)N(C)C(C)(C)CO)CC1. The molecule has 0 amide bonds. The number of hydrogen-bond donors (Lipinski definition) is 1. The van der Waals surface area contributed by atoms with Gasteiger partial charge in [-0.15, -0.1) is 0 Å². The maximum atomic E-state index is 12.5. The van der Waals surface area contributed by atoms with E-state index in [-0.39, 0.29) is 31.6 Å². The molecule has 0 aromatic rings. The Kier molecular flexibility index (Phi) is 6.15. The second kappa shape index (κ2) is 7.04. The van der Waals surface area contributed by atoms with E-state index in [2.05, 4.69) is 0 Å². The fraction of sp³-hybridized carbons (Fsp3) is 0.923. The number of aliphatic hydroxyl groups is 1. The lowest BCUT2D eigenvalue weighted by Crippen LogP contribution is -2.54. The van der Waals surface area contributed by atoms with E-state index in [4.69, 9.17) is 4.74 Å². The van der Waals surface area contributed by atoms with Gasteiger partial charge in [-0.2, -0.15) is 17.0 Å². The van der Waals surface area contributed by atoms with Crippen LogP contribution in [0.2, 0.25) is 0 Å². The number of likely N-dealkylation sites (N-methyl/N-ethyl adjacent to an activating group) is 1. The Morgan fingerprint density at radius 2 is 1.90 bits per heavy atom. The number of esters is 1. The summed E-state index contributed by atoms with van der Waals surface area (Å²) in [7, 11) is -2.18. The summed E-state index contributed by atoms with van der Waals surface area (Å²) in [5.41, 5.74) is -0.864. The first-order valence-corrected chi connectivity index (χ1v) is 8.58. The molecule has 124 valence electrons. The van der Waals surface area contributed by atoms with E-state index in [0.717, 1.165) is 0 Å². The van der Waals surface area contributed by atoms with Crippen LogP contribution in [0.4, 0.5) is 0 Å². The van der Waals surface area contributed by atoms with Gasteiger partial charge in [-0.3, -0.25) is 4.79 Å². The molecule has 0 saturated carbocycles. The zero-order valence-corrected chi connectivity index (χ0v) is 14.0. The molecule has 1 aliphatic heterocycles. The third-order valence-electron chi connectivity index (χ3n) is 3.99. The average Bonchev–Trinajstić information content (AvgIpc) is 2.46. The molecule has 21 heavy (non-hydrogen) atoms. The molecule has 0 aliphatic carbocycles. The fourth-order valence-corrected chi connectivity index (χ4v) is 3.87. The van der Waals surface area contributed by atoms with Crippen LogP contribution in [-0.4, -0.2) is 67.0 Å². The van der Waals surface area contributed by atoms with Crippen molar-refractivity contribution in [3.05, 3.63) is 0 Å². The van der Waals surface area contributed by atoms with Crippen LogP contribution in [0, 0.1) is 5.92 Å². The highest BCUT2D eigenvalue weighted by molar-refractivity contribution is 7.86. The number of piperidine rings is 1. The zero-order chi connectivity index (χ0) is 16.3. The van der Waals surface area contributed by atoms with Crippen LogP contribution in [0.15, 0.2) is 0 Å². The van der Waals surface area contributed by atoms with Crippen molar-refractivity contribution >= 4 is 16.2 Å². The van der Waals surface area contributed by atoms with E-state index in [0.29, 0.717) is 19.4 Å². The lowest BCUT2D eigenvalue weighted by molar-refractivity contribution is -0.149. The van der Waals surface area contributed by atoms with Gasteiger partial charge in [0.1, 0.15) is 0 Å². The monoisotopic (exact) mass is 322 g/mol. The quantitative estimate of drug-likeness (QED) is 0.706. The third-order valence-corrected chi connectivity index (χ3v) is 6.19. The van der Waals surface area contributed by atoms with Crippen LogP contribution in [0.3, 0.4) is 0 Å². The molecule has 0 spiro atoms. The lowest BCUT2D eigenvalue weighted by Gasteiger charge is -2.38. The van der Waals surface area contributed by atoms with Crippen molar-refractivity contribution in [2.75, 3.05) is 33.4 Å². The van der Waals surface area contributed by atoms with E-state index in [9.17, 15) is 18.3 Å². The van der Waals surface area contributed by atoms with Crippen molar-refractivity contribution in [2.45, 2.75) is 39.2 Å². The Bertz CT molecular complexity index is 455. The van der Waals surface area contributed by atoms with Gasteiger partial charge in [0.15, 0.2) is 0 Å². The Labute approximate surface area is 127 Å². The first-order chi connectivity index (χ1) is 9.66. The van der Waals surface area contributed by atoms with Gasteiger partial charge in [0, 0.05) is 20.1 Å². The second-order valence-corrected chi connectivity index (χ2v) is 7.83. The predicted octanol–water partition coefficient (Wildman–Crippen LogP) is 0.209. The first-order valence-electron chi connectivity index (χ1n) is 7.18. The normalized spacial score (nSPS) is 19.0. The molecule has 1 fully saturated rings. The molecule has 1 aliphatic rings. The molecule has 7 nitrogen and oxygen atoms in total. The summed E-state index contributed by atoms with van der Waals surface area (Å²) in [6, 6.07) is 0. The van der Waals surface area contributed by atoms with Crippen LogP contribution >= 0.6 is 0 Å². The standard InChI is InChI=1S/C13H26N2O5S/c1-5-20-12(17)11-6-8-15(9-7-11)21(18,19)14(4)13(2,3)10-16/h11,16H,5-10H2,1-4H3. The minimum atomic E-state index is -3.64. The fourth-order valence-electron chi connectivity index (χ4n) is 2.17. The van der Waals surface area contributed by atoms with Crippen molar-refractivity contribution in [3.8, 4) is 0 Å². The van der Waals surface area contributed by atoms with E-state index < -0.39 is 15.7 Å². The summed E-state index contributed by atoms with van der Waals surface area (Å²) in [5, 5.41) is 9.31. The topological polar surface area (TPSA) is 87.2 Å². The predicted molar refractivity (Wildman–Crippen MR) is 78.8 cm³/mol. The smallest absolute Gasteiger partial charge is 0.309 e. The number of hydrogen-bond acceptors (Lipinski definition) is 5. The van der Waals surface area contributed by atoms with Crippen molar-refractivity contribution in [1.29, 1.82) is 0 Å². The van der Waals surface area contributed by atoms with E-state index in [1.54, 1.807) is 20.8 Å². The van der Waals surface area contributed by atoms with Crippen LogP contribution < -0.4 is 0 Å². The minimum absolute atomic E-state index is 0.229. The molecule has 0 radical (unpaired) electrons. The largest absolute Gasteiger partial charge is 0.466 e. The molecule has 0 aromatic carbocycles. The van der Waals surface area contributed by atoms with E-state index >= 15 is 0 Å². The summed E-state index contributed by atoms with van der Waals surface area (Å²) < 4.78 is 32.6. The molecule has 0 unspecified atom stereocenters. The number of nitrogens with zero attached hydrogens (tertiary/aromatic N) is 2. The Morgan fingerprint density at radius 1 is 1.38 bits per heavy atom. The Hall–Kier alpha value is -0.700. The van der Waals surface area contributed by atoms with Gasteiger partial charge in [0.25, 0.3) is 10.2 Å². The average molecular weight is 322 g/mol. The number of ether oxygens (including phenoxy) is 1. The van der Waals surface area contributed by atoms with Crippen molar-refractivity contribution in [1.82, 2.24) is 8.61 Å². The summed E-state index contributed by atoms with van der Waals surface area (Å²) in [4.78, 5) is 11.7. The Morgan fingerprint density at radius 3 is 2.33 bits per heavy atom. The molecule has 0 atom stereocenters. The van der Waals surface area contributed by atoms with Crippen LogP contribution in [0.1, 0.15) is 33.6 Å². The molecule has 1 rings (SSSR count). The number of rotatable bonds is 6. The van der Waals surface area contributed by atoms with E-state index in [1.165, 1.54) is 15.7 Å². The van der Waals surface area contributed by atoms with Gasteiger partial charge in [-0.25, -0.2) is 0 Å². The van der Waals surface area contributed by atoms with Gasteiger partial charge in [-0.1, -0.05) is 0 Å². The Balaban J connectivity index is 2.71. The molecule has 8 heteroatoms. The summed E-state index contributed by atoms with van der Waals surface area (Å²) in [6.45, 7) is 5.73. The molecule has 0 bridgehead atoms. The van der Waals surface area contributed by atoms with Crippen molar-refractivity contribution < 1.29 is 23.1 Å². The first kappa shape index (κ1) is 18.3. The van der Waals surface area contributed by atoms with E-state index in [1.807, 2.05) is 0 Å². The number of carbonyl (C=O) groups is 1. The van der Waals surface area contributed by atoms with Crippen molar-refractivity contribution in [3.63, 3.8) is 0 Å². The van der Waals surface area contributed by atoms with Gasteiger partial charge in [-0.05, 0) is 33.6 Å². The molecule has 1 saturated heterocycles. The van der Waals surface area contributed by atoms with Crippen LogP contribution in [-0.2, 0) is 19.7 Å². The molecule has 1 N–H and O–H groups in total. The summed E-state index contributed by atoms with van der Waals surface area (Å²) >= 11 is 0. The van der Waals surface area contributed by atoms with Crippen molar-refractivity contribution in [2.24, 2.45) is 5.92 Å².